The highest BCUT2D eigenvalue weighted by atomic mass is 28.4. The fourth-order valence-corrected chi connectivity index (χ4v) is 7.36. The number of hydrogen-bond donors (Lipinski definition) is 0. The van der Waals surface area contributed by atoms with Gasteiger partial charge in [0.25, 0.3) is 0 Å². The van der Waals surface area contributed by atoms with Crippen molar-refractivity contribution < 1.29 is 14.0 Å². The maximum atomic E-state index is 13.3. The maximum absolute atomic E-state index is 13.3. The van der Waals surface area contributed by atoms with Crippen LogP contribution in [0.25, 0.3) is 0 Å². The topological polar surface area (TPSA) is 43.4 Å². The second kappa shape index (κ2) is 6.93. The van der Waals surface area contributed by atoms with E-state index in [4.69, 9.17) is 4.43 Å². The van der Waals surface area contributed by atoms with Gasteiger partial charge in [-0.05, 0) is 93.0 Å². The van der Waals surface area contributed by atoms with Crippen LogP contribution in [0.4, 0.5) is 0 Å². The van der Waals surface area contributed by atoms with Gasteiger partial charge in [-0.15, -0.1) is 0 Å². The second-order valence-electron chi connectivity index (χ2n) is 11.6. The third kappa shape index (κ3) is 3.21. The van der Waals surface area contributed by atoms with Crippen LogP contribution in [0.2, 0.25) is 18.1 Å². The van der Waals surface area contributed by atoms with E-state index in [0.29, 0.717) is 12.3 Å². The lowest BCUT2D eigenvalue weighted by atomic mass is 9.43. The monoisotopic (exact) mass is 416 g/mol. The highest BCUT2D eigenvalue weighted by molar-refractivity contribution is 6.74. The van der Waals surface area contributed by atoms with E-state index in [0.717, 1.165) is 31.3 Å². The average molecular weight is 417 g/mol. The third-order valence-electron chi connectivity index (χ3n) is 9.10. The molecule has 0 saturated heterocycles. The molecule has 1 saturated carbocycles. The molecule has 3 aliphatic rings. The highest BCUT2D eigenvalue weighted by Crippen LogP contribution is 2.64. The lowest BCUT2D eigenvalue weighted by Gasteiger charge is -2.59. The van der Waals surface area contributed by atoms with Gasteiger partial charge >= 0.3 is 0 Å². The minimum absolute atomic E-state index is 0.0266. The summed E-state index contributed by atoms with van der Waals surface area (Å²) in [6, 6.07) is 0. The molecule has 4 heteroatoms. The summed E-state index contributed by atoms with van der Waals surface area (Å²) in [7, 11) is -1.88. The molecule has 3 aliphatic carbocycles. The number of hydrogen-bond acceptors (Lipinski definition) is 3. The van der Waals surface area contributed by atoms with Crippen LogP contribution in [0.3, 0.4) is 0 Å². The molecule has 1 fully saturated rings. The molecule has 4 atom stereocenters. The molecule has 162 valence electrons. The van der Waals surface area contributed by atoms with Crippen LogP contribution in [-0.2, 0) is 14.0 Å². The van der Waals surface area contributed by atoms with Gasteiger partial charge in [0, 0.05) is 6.42 Å². The number of allylic oxidation sites excluding steroid dienone is 4. The van der Waals surface area contributed by atoms with E-state index >= 15 is 0 Å². The van der Waals surface area contributed by atoms with Crippen LogP contribution in [-0.4, -0.2) is 19.9 Å². The molecule has 0 aromatic carbocycles. The number of fused-ring (bicyclic) bond motifs is 3. The lowest BCUT2D eigenvalue weighted by Crippen LogP contribution is -2.59. The van der Waals surface area contributed by atoms with Crippen molar-refractivity contribution >= 4 is 19.9 Å². The molecule has 0 heterocycles. The zero-order valence-corrected chi connectivity index (χ0v) is 21.0. The number of carbonyl (C=O) groups excluding carboxylic acids is 2. The van der Waals surface area contributed by atoms with E-state index in [1.54, 1.807) is 6.92 Å². The molecule has 0 aromatic rings. The zero-order chi connectivity index (χ0) is 22.0. The van der Waals surface area contributed by atoms with Crippen molar-refractivity contribution in [1.29, 1.82) is 0 Å². The Bertz CT molecular complexity index is 797. The van der Waals surface area contributed by atoms with Gasteiger partial charge in [0.05, 0.1) is 11.2 Å². The molecule has 0 spiro atoms. The quantitative estimate of drug-likeness (QED) is 0.384. The number of carbonyl (C=O) groups is 2. The first-order valence-electron chi connectivity index (χ1n) is 11.3. The summed E-state index contributed by atoms with van der Waals surface area (Å²) < 4.78 is 6.77. The minimum atomic E-state index is -1.88. The van der Waals surface area contributed by atoms with Crippen molar-refractivity contribution in [2.45, 2.75) is 98.7 Å². The summed E-state index contributed by atoms with van der Waals surface area (Å²) in [4.78, 5) is 26.2. The van der Waals surface area contributed by atoms with Crippen LogP contribution in [0.1, 0.15) is 80.6 Å². The van der Waals surface area contributed by atoms with Gasteiger partial charge in [0.2, 0.25) is 8.32 Å². The summed E-state index contributed by atoms with van der Waals surface area (Å²) in [5.74, 6) is 1.86. The average Bonchev–Trinajstić information content (AvgIpc) is 2.59. The smallest absolute Gasteiger partial charge is 0.250 e. The summed E-state index contributed by atoms with van der Waals surface area (Å²) >= 11 is 0. The summed E-state index contributed by atoms with van der Waals surface area (Å²) in [5, 5.41) is 0.176. The third-order valence-corrected chi connectivity index (χ3v) is 13.5. The molecule has 0 radical (unpaired) electrons. The Balaban J connectivity index is 2.01. The molecule has 0 unspecified atom stereocenters. The number of ketones is 2. The predicted octanol–water partition coefficient (Wildman–Crippen LogP) is 6.60. The van der Waals surface area contributed by atoms with Gasteiger partial charge in [0.15, 0.2) is 5.78 Å². The first kappa shape index (κ1) is 22.5. The van der Waals surface area contributed by atoms with Crippen LogP contribution in [0, 0.1) is 22.7 Å². The zero-order valence-electron chi connectivity index (χ0n) is 20.0. The van der Waals surface area contributed by atoms with E-state index in [1.807, 2.05) is 6.92 Å². The summed E-state index contributed by atoms with van der Waals surface area (Å²) in [6.07, 6.45) is 6.44. The van der Waals surface area contributed by atoms with E-state index in [9.17, 15) is 9.59 Å². The van der Waals surface area contributed by atoms with Crippen molar-refractivity contribution in [3.05, 3.63) is 23.0 Å². The van der Waals surface area contributed by atoms with Crippen LogP contribution < -0.4 is 0 Å². The van der Waals surface area contributed by atoms with Gasteiger partial charge in [-0.25, -0.2) is 0 Å². The maximum Gasteiger partial charge on any atom is 0.250 e. The van der Waals surface area contributed by atoms with Gasteiger partial charge < -0.3 is 4.43 Å². The molecular weight excluding hydrogens is 376 g/mol. The molecule has 0 bridgehead atoms. The van der Waals surface area contributed by atoms with E-state index in [-0.39, 0.29) is 27.9 Å². The minimum Gasteiger partial charge on any atom is -0.547 e. The largest absolute Gasteiger partial charge is 0.547 e. The Hall–Kier alpha value is -1.16. The molecule has 3 nitrogen and oxygen atoms in total. The van der Waals surface area contributed by atoms with E-state index in [2.05, 4.69) is 53.8 Å². The molecule has 0 aliphatic heterocycles. The van der Waals surface area contributed by atoms with Gasteiger partial charge in [-0.2, -0.15) is 0 Å². The van der Waals surface area contributed by atoms with Crippen molar-refractivity contribution in [2.75, 3.05) is 0 Å². The standard InChI is InChI=1S/C25H40O3Si/c1-16-10-11-21-24(7)14-13-20(28-29(8,9)23(4,5)6)17(2)19(24)12-15-25(21,18(3)26)22(16)27/h10,19,21H,11-15H2,1-9H3/t19-,21+,24-,25-/m0/s1. The highest BCUT2D eigenvalue weighted by Gasteiger charge is 2.63. The number of rotatable bonds is 3. The first-order valence-corrected chi connectivity index (χ1v) is 14.2. The van der Waals surface area contributed by atoms with Crippen molar-refractivity contribution in [3.63, 3.8) is 0 Å². The molecule has 3 rings (SSSR count). The second-order valence-corrected chi connectivity index (χ2v) is 16.3. The summed E-state index contributed by atoms with van der Waals surface area (Å²) in [5.41, 5.74) is 1.33. The van der Waals surface area contributed by atoms with Crippen molar-refractivity contribution in [3.8, 4) is 0 Å². The fourth-order valence-electron chi connectivity index (χ4n) is 6.17. The predicted molar refractivity (Wildman–Crippen MR) is 121 cm³/mol. The van der Waals surface area contributed by atoms with Gasteiger partial charge in [0.1, 0.15) is 5.78 Å². The van der Waals surface area contributed by atoms with Crippen LogP contribution >= 0.6 is 0 Å². The molecule has 0 amide bonds. The van der Waals surface area contributed by atoms with Crippen LogP contribution in [0.15, 0.2) is 23.0 Å². The Labute approximate surface area is 178 Å². The molecular formula is C25H40O3Si. The van der Waals surface area contributed by atoms with Crippen LogP contribution in [0.5, 0.6) is 0 Å². The van der Waals surface area contributed by atoms with E-state index in [1.165, 1.54) is 11.3 Å². The van der Waals surface area contributed by atoms with Crippen molar-refractivity contribution in [2.24, 2.45) is 22.7 Å². The normalized spacial score (nSPS) is 35.6. The summed E-state index contributed by atoms with van der Waals surface area (Å²) in [6.45, 7) is 19.6. The molecule has 0 aromatic heterocycles. The Morgan fingerprint density at radius 2 is 1.83 bits per heavy atom. The fraction of sp³-hybridized carbons (Fsp3) is 0.760. The van der Waals surface area contributed by atoms with Crippen molar-refractivity contribution in [1.82, 2.24) is 0 Å². The number of Topliss-reactive ketones (excluding diaryl/α,β-unsaturated/α-hetero) is 2. The Morgan fingerprint density at radius 1 is 1.21 bits per heavy atom. The molecule has 0 N–H and O–H groups in total. The Morgan fingerprint density at radius 3 is 2.38 bits per heavy atom. The van der Waals surface area contributed by atoms with Gasteiger partial charge in [-0.1, -0.05) is 33.8 Å². The lowest BCUT2D eigenvalue weighted by molar-refractivity contribution is -0.155. The SMILES string of the molecule is CC(=O)[C@@]12CC[C@H]3C(C)=C(O[Si](C)(C)C(C)(C)C)CC[C@]3(C)[C@H]1CC=C(C)C2=O. The first-order chi connectivity index (χ1) is 13.2. The van der Waals surface area contributed by atoms with E-state index < -0.39 is 13.7 Å². The van der Waals surface area contributed by atoms with Gasteiger partial charge in [-0.3, -0.25) is 9.59 Å². The molecule has 29 heavy (non-hydrogen) atoms. The Kier molecular flexibility index (Phi) is 5.38.